The molecule has 0 saturated carbocycles. The molecule has 1 saturated heterocycles. The molecule has 2 N–H and O–H groups in total. The van der Waals surface area contributed by atoms with Crippen molar-refractivity contribution in [1.82, 2.24) is 10.2 Å². The Hall–Kier alpha value is -1.59. The summed E-state index contributed by atoms with van der Waals surface area (Å²) in [5, 5.41) is 13.9. The summed E-state index contributed by atoms with van der Waals surface area (Å²) < 4.78 is 5.90. The van der Waals surface area contributed by atoms with Gasteiger partial charge < -0.3 is 15.2 Å². The summed E-state index contributed by atoms with van der Waals surface area (Å²) in [5.41, 5.74) is 2.04. The van der Waals surface area contributed by atoms with Crippen molar-refractivity contribution < 1.29 is 9.84 Å². The van der Waals surface area contributed by atoms with Gasteiger partial charge in [-0.3, -0.25) is 4.90 Å². The van der Waals surface area contributed by atoms with Crippen molar-refractivity contribution in [2.75, 3.05) is 32.8 Å². The Balaban J connectivity index is 1.69. The molecule has 1 unspecified atom stereocenters. The third-order valence-electron chi connectivity index (χ3n) is 4.36. The van der Waals surface area contributed by atoms with Crippen LogP contribution in [0.1, 0.15) is 17.2 Å². The van der Waals surface area contributed by atoms with Crippen LogP contribution in [0, 0.1) is 0 Å². The number of hydrogen-bond acceptors (Lipinski definition) is 4. The lowest BCUT2D eigenvalue weighted by molar-refractivity contribution is 0.110. The van der Waals surface area contributed by atoms with Crippen LogP contribution in [0.25, 0.3) is 0 Å². The normalized spacial score (nSPS) is 16.8. The molecule has 3 rings (SSSR count). The van der Waals surface area contributed by atoms with Crippen LogP contribution < -0.4 is 10.1 Å². The Labute approximate surface area is 148 Å². The highest BCUT2D eigenvalue weighted by atomic mass is 35.5. The fourth-order valence-corrected chi connectivity index (χ4v) is 3.20. The summed E-state index contributed by atoms with van der Waals surface area (Å²) in [6.07, 6.45) is 0. The summed E-state index contributed by atoms with van der Waals surface area (Å²) in [6, 6.07) is 15.7. The van der Waals surface area contributed by atoms with E-state index in [1.54, 1.807) is 0 Å². The number of aliphatic hydroxyl groups excluding tert-OH is 1. The molecule has 0 aliphatic carbocycles. The molecule has 0 spiro atoms. The van der Waals surface area contributed by atoms with Gasteiger partial charge in [0, 0.05) is 36.8 Å². The fourth-order valence-electron chi connectivity index (χ4n) is 3.01. The average molecular weight is 347 g/mol. The van der Waals surface area contributed by atoms with E-state index in [0.717, 1.165) is 43.1 Å². The van der Waals surface area contributed by atoms with Crippen molar-refractivity contribution >= 4 is 11.6 Å². The maximum absolute atomic E-state index is 9.85. The zero-order chi connectivity index (χ0) is 16.8. The summed E-state index contributed by atoms with van der Waals surface area (Å²) in [5.74, 6) is 0.793. The molecule has 4 nitrogen and oxygen atoms in total. The number of nitrogens with one attached hydrogen (secondary N) is 1. The van der Waals surface area contributed by atoms with Crippen LogP contribution in [0.3, 0.4) is 0 Å². The summed E-state index contributed by atoms with van der Waals surface area (Å²) in [7, 11) is 0. The van der Waals surface area contributed by atoms with Gasteiger partial charge in [0.05, 0.1) is 12.6 Å². The molecular weight excluding hydrogens is 324 g/mol. The van der Waals surface area contributed by atoms with Gasteiger partial charge in [-0.15, -0.1) is 0 Å². The molecule has 2 aromatic rings. The number of aliphatic hydroxyl groups is 1. The molecular formula is C19H23ClN2O2. The van der Waals surface area contributed by atoms with Crippen molar-refractivity contribution in [3.05, 3.63) is 64.7 Å². The van der Waals surface area contributed by atoms with Crippen molar-refractivity contribution in [2.45, 2.75) is 12.6 Å². The quantitative estimate of drug-likeness (QED) is 0.844. The highest BCUT2D eigenvalue weighted by molar-refractivity contribution is 6.31. The summed E-state index contributed by atoms with van der Waals surface area (Å²) in [6.45, 7) is 4.33. The van der Waals surface area contributed by atoms with E-state index in [1.165, 1.54) is 0 Å². The maximum atomic E-state index is 9.85. The molecule has 1 aliphatic heterocycles. The minimum atomic E-state index is 0.0102. The third kappa shape index (κ3) is 4.28. The first-order valence-electron chi connectivity index (χ1n) is 8.29. The highest BCUT2D eigenvalue weighted by Gasteiger charge is 2.21. The van der Waals surface area contributed by atoms with E-state index >= 15 is 0 Å². The molecule has 5 heteroatoms. The summed E-state index contributed by atoms with van der Waals surface area (Å²) in [4.78, 5) is 2.31. The predicted molar refractivity (Wildman–Crippen MR) is 96.5 cm³/mol. The molecule has 2 aromatic carbocycles. The second-order valence-electron chi connectivity index (χ2n) is 5.94. The van der Waals surface area contributed by atoms with Crippen molar-refractivity contribution in [3.63, 3.8) is 0 Å². The lowest BCUT2D eigenvalue weighted by Gasteiger charge is -2.34. The van der Waals surface area contributed by atoms with Crippen LogP contribution in [0.5, 0.6) is 5.75 Å². The SMILES string of the molecule is OCC(c1cccc(OCc2ccccc2Cl)c1)N1CCNCC1. The van der Waals surface area contributed by atoms with Gasteiger partial charge in [-0.25, -0.2) is 0 Å². The molecule has 1 fully saturated rings. The summed E-state index contributed by atoms with van der Waals surface area (Å²) >= 11 is 6.17. The zero-order valence-electron chi connectivity index (χ0n) is 13.6. The van der Waals surface area contributed by atoms with Gasteiger partial charge in [0.1, 0.15) is 12.4 Å². The molecule has 0 bridgehead atoms. The zero-order valence-corrected chi connectivity index (χ0v) is 14.4. The van der Waals surface area contributed by atoms with Crippen molar-refractivity contribution in [3.8, 4) is 5.75 Å². The molecule has 1 aliphatic rings. The molecule has 1 atom stereocenters. The number of ether oxygens (including phenoxy) is 1. The number of nitrogens with zero attached hydrogens (tertiary/aromatic N) is 1. The van der Waals surface area contributed by atoms with E-state index in [1.807, 2.05) is 48.5 Å². The number of hydrogen-bond donors (Lipinski definition) is 2. The molecule has 0 radical (unpaired) electrons. The van der Waals surface area contributed by atoms with Gasteiger partial charge >= 0.3 is 0 Å². The Kier molecular flexibility index (Phi) is 6.10. The molecule has 128 valence electrons. The monoisotopic (exact) mass is 346 g/mol. The second kappa shape index (κ2) is 8.49. The topological polar surface area (TPSA) is 44.7 Å². The Morgan fingerprint density at radius 2 is 1.92 bits per heavy atom. The smallest absolute Gasteiger partial charge is 0.120 e. The van der Waals surface area contributed by atoms with E-state index in [-0.39, 0.29) is 12.6 Å². The molecule has 24 heavy (non-hydrogen) atoms. The number of benzene rings is 2. The first-order valence-corrected chi connectivity index (χ1v) is 8.67. The largest absolute Gasteiger partial charge is 0.489 e. The highest BCUT2D eigenvalue weighted by Crippen LogP contribution is 2.25. The Bertz CT molecular complexity index is 659. The van der Waals surface area contributed by atoms with Crippen LogP contribution >= 0.6 is 11.6 Å². The van der Waals surface area contributed by atoms with Gasteiger partial charge in [-0.1, -0.05) is 41.9 Å². The van der Waals surface area contributed by atoms with Gasteiger partial charge in [0.15, 0.2) is 0 Å². The van der Waals surface area contributed by atoms with E-state index in [2.05, 4.69) is 10.2 Å². The van der Waals surface area contributed by atoms with Crippen molar-refractivity contribution in [2.24, 2.45) is 0 Å². The van der Waals surface area contributed by atoms with Crippen molar-refractivity contribution in [1.29, 1.82) is 0 Å². The third-order valence-corrected chi connectivity index (χ3v) is 4.73. The Morgan fingerprint density at radius 3 is 2.67 bits per heavy atom. The number of piperazine rings is 1. The first kappa shape index (κ1) is 17.2. The predicted octanol–water partition coefficient (Wildman–Crippen LogP) is 2.86. The second-order valence-corrected chi connectivity index (χ2v) is 6.34. The lowest BCUT2D eigenvalue weighted by Crippen LogP contribution is -2.46. The molecule has 1 heterocycles. The minimum absolute atomic E-state index is 0.0102. The fraction of sp³-hybridized carbons (Fsp3) is 0.368. The number of halogens is 1. The van der Waals surface area contributed by atoms with E-state index < -0.39 is 0 Å². The Morgan fingerprint density at radius 1 is 1.12 bits per heavy atom. The van der Waals surface area contributed by atoms with Crippen LogP contribution in [0.4, 0.5) is 0 Å². The van der Waals surface area contributed by atoms with Crippen LogP contribution in [-0.4, -0.2) is 42.8 Å². The minimum Gasteiger partial charge on any atom is -0.489 e. The van der Waals surface area contributed by atoms with Crippen LogP contribution in [-0.2, 0) is 6.61 Å². The number of rotatable bonds is 6. The van der Waals surface area contributed by atoms with Gasteiger partial charge in [0.2, 0.25) is 0 Å². The molecule has 0 amide bonds. The van der Waals surface area contributed by atoms with E-state index in [0.29, 0.717) is 11.6 Å². The lowest BCUT2D eigenvalue weighted by atomic mass is 10.0. The molecule has 0 aromatic heterocycles. The van der Waals surface area contributed by atoms with Crippen LogP contribution in [0.2, 0.25) is 5.02 Å². The van der Waals surface area contributed by atoms with Crippen LogP contribution in [0.15, 0.2) is 48.5 Å². The van der Waals surface area contributed by atoms with E-state index in [9.17, 15) is 5.11 Å². The standard InChI is InChI=1S/C19H23ClN2O2/c20-18-7-2-1-4-16(18)14-24-17-6-3-5-15(12-17)19(13-23)22-10-8-21-9-11-22/h1-7,12,19,21,23H,8-11,13-14H2. The van der Waals surface area contributed by atoms with E-state index in [4.69, 9.17) is 16.3 Å². The first-order chi connectivity index (χ1) is 11.8. The van der Waals surface area contributed by atoms with Gasteiger partial charge in [-0.2, -0.15) is 0 Å². The average Bonchev–Trinajstić information content (AvgIpc) is 2.63. The van der Waals surface area contributed by atoms with Gasteiger partial charge in [0.25, 0.3) is 0 Å². The van der Waals surface area contributed by atoms with Gasteiger partial charge in [-0.05, 0) is 23.8 Å². The maximum Gasteiger partial charge on any atom is 0.120 e.